The molecule has 1 aliphatic carbocycles. The van der Waals surface area contributed by atoms with Crippen molar-refractivity contribution >= 4 is 11.7 Å². The Morgan fingerprint density at radius 2 is 2.41 bits per heavy atom. The van der Waals surface area contributed by atoms with Crippen molar-refractivity contribution in [3.05, 3.63) is 24.0 Å². The van der Waals surface area contributed by atoms with Crippen molar-refractivity contribution in [3.63, 3.8) is 0 Å². The monoisotopic (exact) mass is 236 g/mol. The molecule has 1 fully saturated rings. The zero-order valence-corrected chi connectivity index (χ0v) is 9.77. The second-order valence-corrected chi connectivity index (χ2v) is 4.43. The number of nitrogens with one attached hydrogen (secondary N) is 1. The highest BCUT2D eigenvalue weighted by molar-refractivity contribution is 5.88. The van der Waals surface area contributed by atoms with E-state index in [0.29, 0.717) is 6.54 Å². The van der Waals surface area contributed by atoms with E-state index in [0.717, 1.165) is 18.5 Å². The van der Waals surface area contributed by atoms with Gasteiger partial charge in [-0.2, -0.15) is 0 Å². The lowest BCUT2D eigenvalue weighted by Gasteiger charge is -2.13. The number of ether oxygens (including phenoxy) is 1. The molecular weight excluding hydrogens is 220 g/mol. The molecule has 0 radical (unpaired) electrons. The van der Waals surface area contributed by atoms with Gasteiger partial charge in [0.1, 0.15) is 5.69 Å². The van der Waals surface area contributed by atoms with Crippen molar-refractivity contribution in [2.75, 3.05) is 25.6 Å². The number of aromatic nitrogens is 1. The van der Waals surface area contributed by atoms with Crippen molar-refractivity contribution < 1.29 is 14.6 Å². The molecule has 17 heavy (non-hydrogen) atoms. The summed E-state index contributed by atoms with van der Waals surface area (Å²) in [6.45, 7) is 0.920. The first-order chi connectivity index (χ1) is 8.19. The minimum Gasteiger partial charge on any atom is -0.464 e. The number of pyridine rings is 1. The molecule has 5 heteroatoms. The van der Waals surface area contributed by atoms with Crippen LogP contribution in [0.15, 0.2) is 18.3 Å². The Bertz CT molecular complexity index is 416. The van der Waals surface area contributed by atoms with Gasteiger partial charge in [0.15, 0.2) is 0 Å². The highest BCUT2D eigenvalue weighted by atomic mass is 16.5. The van der Waals surface area contributed by atoms with Gasteiger partial charge in [0.25, 0.3) is 0 Å². The molecule has 0 bridgehead atoms. The van der Waals surface area contributed by atoms with Crippen LogP contribution in [0.25, 0.3) is 0 Å². The quantitative estimate of drug-likeness (QED) is 0.748. The first kappa shape index (κ1) is 11.9. The number of aliphatic hydroxyl groups excluding tert-OH is 1. The van der Waals surface area contributed by atoms with E-state index in [-0.39, 0.29) is 17.7 Å². The molecule has 0 aromatic carbocycles. The Balaban J connectivity index is 1.99. The molecule has 0 saturated heterocycles. The van der Waals surface area contributed by atoms with E-state index >= 15 is 0 Å². The fraction of sp³-hybridized carbons (Fsp3) is 0.500. The van der Waals surface area contributed by atoms with E-state index in [9.17, 15) is 9.90 Å². The van der Waals surface area contributed by atoms with E-state index < -0.39 is 5.97 Å². The highest BCUT2D eigenvalue weighted by Crippen LogP contribution is 2.44. The van der Waals surface area contributed by atoms with Gasteiger partial charge in [-0.25, -0.2) is 9.78 Å². The van der Waals surface area contributed by atoms with Gasteiger partial charge in [-0.1, -0.05) is 0 Å². The zero-order valence-electron chi connectivity index (χ0n) is 9.77. The topological polar surface area (TPSA) is 71.5 Å². The molecule has 0 amide bonds. The van der Waals surface area contributed by atoms with Crippen LogP contribution >= 0.6 is 0 Å². The standard InChI is InChI=1S/C12H16N2O3/c1-17-11(16)10-6-9(2-5-13-10)14-7-12(8-15)3-4-12/h2,5-6,15H,3-4,7-8H2,1H3,(H,13,14). The Morgan fingerprint density at radius 1 is 1.65 bits per heavy atom. The number of rotatable bonds is 5. The van der Waals surface area contributed by atoms with Crippen LogP contribution in [-0.2, 0) is 4.74 Å². The molecule has 0 unspecified atom stereocenters. The van der Waals surface area contributed by atoms with Gasteiger partial charge in [-0.05, 0) is 25.0 Å². The summed E-state index contributed by atoms with van der Waals surface area (Å²) in [5.41, 5.74) is 1.14. The molecule has 0 atom stereocenters. The van der Waals surface area contributed by atoms with E-state index in [1.807, 2.05) is 0 Å². The second-order valence-electron chi connectivity index (χ2n) is 4.43. The maximum absolute atomic E-state index is 11.3. The fourth-order valence-corrected chi connectivity index (χ4v) is 1.61. The summed E-state index contributed by atoms with van der Waals surface area (Å²) < 4.78 is 4.60. The molecule has 2 N–H and O–H groups in total. The molecule has 1 aromatic rings. The lowest BCUT2D eigenvalue weighted by molar-refractivity contribution is 0.0594. The van der Waals surface area contributed by atoms with Crippen molar-refractivity contribution in [1.82, 2.24) is 4.98 Å². The Kier molecular flexibility index (Phi) is 3.28. The van der Waals surface area contributed by atoms with Gasteiger partial charge in [0.05, 0.1) is 13.7 Å². The van der Waals surface area contributed by atoms with Gasteiger partial charge in [0.2, 0.25) is 0 Å². The van der Waals surface area contributed by atoms with Gasteiger partial charge in [0, 0.05) is 23.8 Å². The molecule has 0 aliphatic heterocycles. The number of hydrogen-bond acceptors (Lipinski definition) is 5. The number of carbonyl (C=O) groups is 1. The number of hydrogen-bond donors (Lipinski definition) is 2. The number of anilines is 1. The predicted molar refractivity (Wildman–Crippen MR) is 62.8 cm³/mol. The van der Waals surface area contributed by atoms with Crippen LogP contribution < -0.4 is 5.32 Å². The Hall–Kier alpha value is -1.62. The van der Waals surface area contributed by atoms with Gasteiger partial charge in [-0.15, -0.1) is 0 Å². The van der Waals surface area contributed by atoms with Crippen LogP contribution in [0, 0.1) is 5.41 Å². The number of carbonyl (C=O) groups excluding carboxylic acids is 1. The lowest BCUT2D eigenvalue weighted by Crippen LogP contribution is -2.19. The van der Waals surface area contributed by atoms with E-state index in [1.54, 1.807) is 18.3 Å². The van der Waals surface area contributed by atoms with Gasteiger partial charge in [-0.3, -0.25) is 0 Å². The number of methoxy groups -OCH3 is 1. The average Bonchev–Trinajstić information content (AvgIpc) is 3.16. The summed E-state index contributed by atoms with van der Waals surface area (Å²) in [5, 5.41) is 12.4. The number of nitrogens with zero attached hydrogens (tertiary/aromatic N) is 1. The van der Waals surface area contributed by atoms with Gasteiger partial charge >= 0.3 is 5.97 Å². The first-order valence-electron chi connectivity index (χ1n) is 5.58. The zero-order chi connectivity index (χ0) is 12.3. The summed E-state index contributed by atoms with van der Waals surface area (Å²) in [5.74, 6) is -0.447. The van der Waals surface area contributed by atoms with Crippen LogP contribution in [0.5, 0.6) is 0 Å². The third kappa shape index (κ3) is 2.74. The Labute approximate surface area is 99.8 Å². The third-order valence-electron chi connectivity index (χ3n) is 3.11. The fourth-order valence-electron chi connectivity index (χ4n) is 1.61. The smallest absolute Gasteiger partial charge is 0.356 e. The molecule has 92 valence electrons. The highest BCUT2D eigenvalue weighted by Gasteiger charge is 2.41. The summed E-state index contributed by atoms with van der Waals surface area (Å²) in [4.78, 5) is 15.2. The molecule has 1 saturated carbocycles. The first-order valence-corrected chi connectivity index (χ1v) is 5.58. The minimum absolute atomic E-state index is 0.0364. The maximum Gasteiger partial charge on any atom is 0.356 e. The molecular formula is C12H16N2O3. The second kappa shape index (κ2) is 4.71. The van der Waals surface area contributed by atoms with Crippen molar-refractivity contribution in [1.29, 1.82) is 0 Å². The van der Waals surface area contributed by atoms with Crippen LogP contribution in [-0.4, -0.2) is 36.3 Å². The maximum atomic E-state index is 11.3. The lowest BCUT2D eigenvalue weighted by atomic mass is 10.1. The number of esters is 1. The third-order valence-corrected chi connectivity index (χ3v) is 3.11. The summed E-state index contributed by atoms with van der Waals surface area (Å²) >= 11 is 0. The van der Waals surface area contributed by atoms with Crippen LogP contribution in [0.1, 0.15) is 23.3 Å². The molecule has 1 aromatic heterocycles. The number of aliphatic hydroxyl groups is 1. The molecule has 1 heterocycles. The summed E-state index contributed by atoms with van der Waals surface area (Å²) in [7, 11) is 1.33. The van der Waals surface area contributed by atoms with Crippen molar-refractivity contribution in [2.45, 2.75) is 12.8 Å². The van der Waals surface area contributed by atoms with Crippen molar-refractivity contribution in [3.8, 4) is 0 Å². The molecule has 5 nitrogen and oxygen atoms in total. The van der Waals surface area contributed by atoms with Crippen LogP contribution in [0.2, 0.25) is 0 Å². The average molecular weight is 236 g/mol. The Morgan fingerprint density at radius 3 is 3.00 bits per heavy atom. The van der Waals surface area contributed by atoms with E-state index in [1.165, 1.54) is 7.11 Å². The van der Waals surface area contributed by atoms with E-state index in [2.05, 4.69) is 15.0 Å². The van der Waals surface area contributed by atoms with Crippen LogP contribution in [0.3, 0.4) is 0 Å². The summed E-state index contributed by atoms with van der Waals surface area (Å²) in [6, 6.07) is 3.44. The minimum atomic E-state index is -0.447. The molecule has 1 aliphatic rings. The largest absolute Gasteiger partial charge is 0.464 e. The van der Waals surface area contributed by atoms with Gasteiger partial charge < -0.3 is 15.2 Å². The predicted octanol–water partition coefficient (Wildman–Crippen LogP) is 1.05. The SMILES string of the molecule is COC(=O)c1cc(NCC2(CO)CC2)ccn1. The van der Waals surface area contributed by atoms with E-state index in [4.69, 9.17) is 0 Å². The normalized spacial score (nSPS) is 16.4. The van der Waals surface area contributed by atoms with Crippen LogP contribution in [0.4, 0.5) is 5.69 Å². The molecule has 0 spiro atoms. The summed E-state index contributed by atoms with van der Waals surface area (Å²) in [6.07, 6.45) is 3.66. The van der Waals surface area contributed by atoms with Crippen molar-refractivity contribution in [2.24, 2.45) is 5.41 Å². The molecule has 2 rings (SSSR count).